The number of ether oxygens (including phenoxy) is 4. The molecule has 0 bridgehead atoms. The van der Waals surface area contributed by atoms with Crippen LogP contribution in [0.15, 0.2) is 48.5 Å². The molecule has 0 aromatic heterocycles. The zero-order valence-corrected chi connectivity index (χ0v) is 18.2. The summed E-state index contributed by atoms with van der Waals surface area (Å²) in [6.07, 6.45) is 0. The van der Waals surface area contributed by atoms with Crippen LogP contribution in [0.25, 0.3) is 0 Å². The lowest BCUT2D eigenvalue weighted by Crippen LogP contribution is -2.40. The van der Waals surface area contributed by atoms with Gasteiger partial charge in [0.2, 0.25) is 0 Å². The first-order valence-corrected chi connectivity index (χ1v) is 9.90. The van der Waals surface area contributed by atoms with Crippen molar-refractivity contribution in [2.24, 2.45) is 5.92 Å². The Labute approximate surface area is 185 Å². The van der Waals surface area contributed by atoms with Crippen LogP contribution < -0.4 is 0 Å². The average Bonchev–Trinajstić information content (AvgIpc) is 2.83. The molecule has 0 radical (unpaired) electrons. The first kappa shape index (κ1) is 23.0. The summed E-state index contributed by atoms with van der Waals surface area (Å²) in [5.41, 5.74) is 1.68. The zero-order chi connectivity index (χ0) is 23.4. The van der Waals surface area contributed by atoms with E-state index in [9.17, 15) is 19.2 Å². The third-order valence-corrected chi connectivity index (χ3v) is 5.82. The van der Waals surface area contributed by atoms with E-state index in [0.717, 1.165) is 0 Å². The van der Waals surface area contributed by atoms with Crippen LogP contribution >= 0.6 is 0 Å². The van der Waals surface area contributed by atoms with Gasteiger partial charge >= 0.3 is 23.9 Å². The number of rotatable bonds is 4. The number of carbonyl (C=O) groups is 4. The van der Waals surface area contributed by atoms with E-state index in [1.807, 2.05) is 0 Å². The lowest BCUT2D eigenvalue weighted by atomic mass is 9.67. The maximum Gasteiger partial charge on any atom is 0.317 e. The van der Waals surface area contributed by atoms with Gasteiger partial charge in [-0.05, 0) is 22.3 Å². The Morgan fingerprint density at radius 3 is 1.22 bits per heavy atom. The van der Waals surface area contributed by atoms with Gasteiger partial charge < -0.3 is 18.9 Å². The molecule has 2 aromatic carbocycles. The normalized spacial score (nSPS) is 21.6. The summed E-state index contributed by atoms with van der Waals surface area (Å²) < 4.78 is 20.1. The van der Waals surface area contributed by atoms with E-state index in [0.29, 0.717) is 22.3 Å². The maximum absolute atomic E-state index is 13.1. The molecule has 1 aliphatic carbocycles. The zero-order valence-electron chi connectivity index (χ0n) is 18.2. The van der Waals surface area contributed by atoms with Crippen LogP contribution in [0.1, 0.15) is 40.0 Å². The van der Waals surface area contributed by atoms with Gasteiger partial charge in [0.15, 0.2) is 0 Å². The standard InChI is InChI=1S/C24H24O8/c1-29-21(25)17-13-9-5-7-11-15(13)18(22(26)30-2)20(24(28)32-4)19(23(27)31-3)16-12-8-6-10-14(16)17/h5-12,17-20H,1-4H3. The van der Waals surface area contributed by atoms with Crippen LogP contribution in [-0.2, 0) is 38.1 Å². The molecule has 1 aliphatic rings. The second kappa shape index (κ2) is 9.64. The number of hydrogen-bond acceptors (Lipinski definition) is 8. The van der Waals surface area contributed by atoms with Crippen LogP contribution in [0.4, 0.5) is 0 Å². The first-order chi connectivity index (χ1) is 15.4. The van der Waals surface area contributed by atoms with E-state index in [2.05, 4.69) is 0 Å². The quantitative estimate of drug-likeness (QED) is 0.527. The number of esters is 4. The molecule has 0 saturated carbocycles. The van der Waals surface area contributed by atoms with Crippen molar-refractivity contribution in [1.82, 2.24) is 0 Å². The number of methoxy groups -OCH3 is 4. The van der Waals surface area contributed by atoms with E-state index in [1.54, 1.807) is 48.5 Å². The molecule has 0 fully saturated rings. The summed E-state index contributed by atoms with van der Waals surface area (Å²) in [5, 5.41) is 0. The molecular weight excluding hydrogens is 416 g/mol. The van der Waals surface area contributed by atoms with Crippen molar-refractivity contribution < 1.29 is 38.1 Å². The number of benzene rings is 2. The minimum atomic E-state index is -1.29. The number of carbonyl (C=O) groups excluding carboxylic acids is 4. The highest BCUT2D eigenvalue weighted by atomic mass is 16.5. The SMILES string of the molecule is COC(=O)C1c2ccccc2C(C(=O)OC)C(C(=O)OC)C(C(=O)OC)c2ccccc21. The summed E-state index contributed by atoms with van der Waals surface area (Å²) in [7, 11) is 4.83. The Morgan fingerprint density at radius 2 is 0.875 bits per heavy atom. The van der Waals surface area contributed by atoms with Gasteiger partial charge in [0.05, 0.1) is 46.2 Å². The van der Waals surface area contributed by atoms with Crippen LogP contribution in [0, 0.1) is 5.92 Å². The van der Waals surface area contributed by atoms with Crippen molar-refractivity contribution in [3.8, 4) is 0 Å². The van der Waals surface area contributed by atoms with E-state index in [4.69, 9.17) is 18.9 Å². The monoisotopic (exact) mass is 440 g/mol. The van der Waals surface area contributed by atoms with Crippen molar-refractivity contribution in [1.29, 1.82) is 0 Å². The Kier molecular flexibility index (Phi) is 6.92. The molecule has 32 heavy (non-hydrogen) atoms. The van der Waals surface area contributed by atoms with Gasteiger partial charge in [-0.25, -0.2) is 0 Å². The van der Waals surface area contributed by atoms with Crippen LogP contribution in [0.3, 0.4) is 0 Å². The minimum absolute atomic E-state index is 0.369. The van der Waals surface area contributed by atoms with E-state index >= 15 is 0 Å². The fraction of sp³-hybridized carbons (Fsp3) is 0.333. The summed E-state index contributed by atoms with van der Waals surface area (Å²) in [6, 6.07) is 13.4. The summed E-state index contributed by atoms with van der Waals surface area (Å²) in [6.45, 7) is 0. The summed E-state index contributed by atoms with van der Waals surface area (Å²) >= 11 is 0. The number of hydrogen-bond donors (Lipinski definition) is 0. The van der Waals surface area contributed by atoms with E-state index < -0.39 is 47.5 Å². The van der Waals surface area contributed by atoms with E-state index in [1.165, 1.54) is 28.4 Å². The third kappa shape index (κ3) is 3.84. The molecule has 3 rings (SSSR count). The summed E-state index contributed by atoms with van der Waals surface area (Å²) in [4.78, 5) is 52.1. The Hall–Kier alpha value is -3.68. The predicted molar refractivity (Wildman–Crippen MR) is 112 cm³/mol. The molecule has 8 nitrogen and oxygen atoms in total. The molecular formula is C24H24O8. The molecule has 0 N–H and O–H groups in total. The van der Waals surface area contributed by atoms with Gasteiger partial charge in [-0.15, -0.1) is 0 Å². The Bertz CT molecular complexity index is 976. The highest BCUT2D eigenvalue weighted by molar-refractivity contribution is 5.95. The molecule has 0 amide bonds. The van der Waals surface area contributed by atoms with Gasteiger partial charge in [0, 0.05) is 0 Å². The van der Waals surface area contributed by atoms with E-state index in [-0.39, 0.29) is 0 Å². The van der Waals surface area contributed by atoms with Crippen LogP contribution in [-0.4, -0.2) is 52.3 Å². The predicted octanol–water partition coefficient (Wildman–Crippen LogP) is 2.31. The highest BCUT2D eigenvalue weighted by Crippen LogP contribution is 2.47. The van der Waals surface area contributed by atoms with Crippen molar-refractivity contribution in [3.63, 3.8) is 0 Å². The molecule has 8 heteroatoms. The van der Waals surface area contributed by atoms with Crippen molar-refractivity contribution in [3.05, 3.63) is 70.8 Å². The fourth-order valence-electron chi connectivity index (χ4n) is 4.44. The van der Waals surface area contributed by atoms with Gasteiger partial charge in [0.25, 0.3) is 0 Å². The van der Waals surface area contributed by atoms with Crippen molar-refractivity contribution in [2.75, 3.05) is 28.4 Å². The maximum atomic E-state index is 13.1. The largest absolute Gasteiger partial charge is 0.469 e. The molecule has 2 aromatic rings. The second-order valence-corrected chi connectivity index (χ2v) is 7.26. The summed E-state index contributed by atoms with van der Waals surface area (Å²) in [5.74, 6) is -7.53. The van der Waals surface area contributed by atoms with Gasteiger partial charge in [-0.2, -0.15) is 0 Å². The molecule has 2 atom stereocenters. The Morgan fingerprint density at radius 1 is 0.531 bits per heavy atom. The smallest absolute Gasteiger partial charge is 0.317 e. The highest BCUT2D eigenvalue weighted by Gasteiger charge is 2.50. The molecule has 0 aliphatic heterocycles. The number of fused-ring (bicyclic) bond motifs is 2. The second-order valence-electron chi connectivity index (χ2n) is 7.26. The van der Waals surface area contributed by atoms with Gasteiger partial charge in [-0.1, -0.05) is 48.5 Å². The molecule has 168 valence electrons. The molecule has 2 unspecified atom stereocenters. The first-order valence-electron chi connectivity index (χ1n) is 9.90. The lowest BCUT2D eigenvalue weighted by molar-refractivity contribution is -0.159. The van der Waals surface area contributed by atoms with Crippen LogP contribution in [0.2, 0.25) is 0 Å². The minimum Gasteiger partial charge on any atom is -0.469 e. The van der Waals surface area contributed by atoms with Crippen LogP contribution in [0.5, 0.6) is 0 Å². The van der Waals surface area contributed by atoms with Crippen molar-refractivity contribution in [2.45, 2.75) is 17.8 Å². The molecule has 0 spiro atoms. The lowest BCUT2D eigenvalue weighted by Gasteiger charge is -2.35. The van der Waals surface area contributed by atoms with Gasteiger partial charge in [0.1, 0.15) is 5.92 Å². The van der Waals surface area contributed by atoms with Crippen molar-refractivity contribution >= 4 is 23.9 Å². The Balaban J connectivity index is 2.48. The van der Waals surface area contributed by atoms with Gasteiger partial charge in [-0.3, -0.25) is 19.2 Å². The topological polar surface area (TPSA) is 105 Å². The fourth-order valence-corrected chi connectivity index (χ4v) is 4.44. The average molecular weight is 440 g/mol. The molecule has 0 heterocycles. The molecule has 0 saturated heterocycles. The third-order valence-electron chi connectivity index (χ3n) is 5.82.